The third kappa shape index (κ3) is 5.79. The van der Waals surface area contributed by atoms with Crippen LogP contribution in [0.2, 0.25) is 0 Å². The number of aliphatic hydroxyl groups excluding tert-OH is 2. The molecule has 0 bridgehead atoms. The molecular weight excluding hydrogens is 446 g/mol. The van der Waals surface area contributed by atoms with Gasteiger partial charge in [-0.1, -0.05) is 6.08 Å². The second-order valence-corrected chi connectivity index (χ2v) is 7.40. The van der Waals surface area contributed by atoms with Crippen LogP contribution in [0.15, 0.2) is 36.5 Å². The summed E-state index contributed by atoms with van der Waals surface area (Å²) in [6, 6.07) is 3.71. The van der Waals surface area contributed by atoms with Gasteiger partial charge < -0.3 is 25.2 Å². The SMILES string of the molecule is COc1cc(NC(=O)N2CC=C(c3ncc([C@@H](O)CCO)cc3F)CC2)ccc1C(F)(F)F. The highest BCUT2D eigenvalue weighted by Gasteiger charge is 2.34. The molecule has 1 aromatic heterocycles. The Morgan fingerprint density at radius 3 is 2.67 bits per heavy atom. The molecule has 0 saturated heterocycles. The van der Waals surface area contributed by atoms with Crippen molar-refractivity contribution >= 4 is 17.3 Å². The van der Waals surface area contributed by atoms with Crippen molar-refractivity contribution in [3.63, 3.8) is 0 Å². The second kappa shape index (κ2) is 10.2. The Bertz CT molecular complexity index is 1040. The van der Waals surface area contributed by atoms with Gasteiger partial charge >= 0.3 is 12.2 Å². The number of hydrogen-bond acceptors (Lipinski definition) is 5. The summed E-state index contributed by atoms with van der Waals surface area (Å²) in [6.45, 7) is 0.146. The standard InChI is InChI=1S/C22H23F4N3O4/c1-33-19-11-15(2-3-16(19)22(24,25)26)28-21(32)29-7-4-13(5-8-29)20-17(23)10-14(12-27-20)18(31)6-9-30/h2-4,10-12,18,30-31H,5-9H2,1H3,(H,28,32)/t18-/m0/s1. The van der Waals surface area contributed by atoms with Crippen molar-refractivity contribution < 1.29 is 37.3 Å². The van der Waals surface area contributed by atoms with E-state index >= 15 is 0 Å². The molecule has 0 saturated carbocycles. The number of carbonyl (C=O) groups is 1. The number of amides is 2. The number of rotatable bonds is 6. The minimum Gasteiger partial charge on any atom is -0.496 e. The number of anilines is 1. The number of aromatic nitrogens is 1. The number of alkyl halides is 3. The zero-order chi connectivity index (χ0) is 24.2. The minimum atomic E-state index is -4.58. The van der Waals surface area contributed by atoms with Crippen molar-refractivity contribution in [2.75, 3.05) is 32.1 Å². The van der Waals surface area contributed by atoms with E-state index in [1.165, 1.54) is 17.2 Å². The van der Waals surface area contributed by atoms with Gasteiger partial charge in [0.15, 0.2) is 0 Å². The molecular formula is C22H23F4N3O4. The number of nitrogens with zero attached hydrogens (tertiary/aromatic N) is 2. The van der Waals surface area contributed by atoms with Gasteiger partial charge in [0, 0.05) is 49.6 Å². The van der Waals surface area contributed by atoms with Gasteiger partial charge in [0.25, 0.3) is 0 Å². The topological polar surface area (TPSA) is 94.9 Å². The van der Waals surface area contributed by atoms with Gasteiger partial charge in [-0.3, -0.25) is 4.98 Å². The maximum Gasteiger partial charge on any atom is 0.419 e. The molecule has 2 amide bonds. The normalized spacial score (nSPS) is 15.1. The van der Waals surface area contributed by atoms with Crippen molar-refractivity contribution in [1.82, 2.24) is 9.88 Å². The Hall–Kier alpha value is -3.18. The number of urea groups is 1. The van der Waals surface area contributed by atoms with Crippen LogP contribution in [0.25, 0.3) is 5.57 Å². The number of nitrogens with one attached hydrogen (secondary N) is 1. The Balaban J connectivity index is 1.67. The molecule has 178 valence electrons. The van der Waals surface area contributed by atoms with E-state index in [0.29, 0.717) is 12.0 Å². The first kappa shape index (κ1) is 24.5. The van der Waals surface area contributed by atoms with E-state index in [2.05, 4.69) is 10.3 Å². The lowest BCUT2D eigenvalue weighted by atomic mass is 10.0. The van der Waals surface area contributed by atoms with E-state index in [1.54, 1.807) is 6.08 Å². The van der Waals surface area contributed by atoms with Crippen molar-refractivity contribution in [3.05, 3.63) is 59.2 Å². The molecule has 1 atom stereocenters. The predicted octanol–water partition coefficient (Wildman–Crippen LogP) is 3.99. The van der Waals surface area contributed by atoms with Gasteiger partial charge in [-0.05, 0) is 30.2 Å². The van der Waals surface area contributed by atoms with Gasteiger partial charge in [-0.2, -0.15) is 13.2 Å². The molecule has 0 fully saturated rings. The molecule has 1 aliphatic rings. The van der Waals surface area contributed by atoms with Crippen LogP contribution in [0, 0.1) is 5.82 Å². The Labute approximate surface area is 187 Å². The van der Waals surface area contributed by atoms with Gasteiger partial charge in [-0.15, -0.1) is 0 Å². The molecule has 1 aliphatic heterocycles. The number of carbonyl (C=O) groups excluding carboxylic acids is 1. The molecule has 3 N–H and O–H groups in total. The highest BCUT2D eigenvalue weighted by Crippen LogP contribution is 2.37. The average Bonchev–Trinajstić information content (AvgIpc) is 2.78. The number of benzene rings is 1. The summed E-state index contributed by atoms with van der Waals surface area (Å²) in [5.74, 6) is -1.03. The second-order valence-electron chi connectivity index (χ2n) is 7.40. The molecule has 33 heavy (non-hydrogen) atoms. The van der Waals surface area contributed by atoms with E-state index in [4.69, 9.17) is 9.84 Å². The first-order valence-electron chi connectivity index (χ1n) is 10.1. The zero-order valence-electron chi connectivity index (χ0n) is 17.7. The third-order valence-electron chi connectivity index (χ3n) is 5.21. The van der Waals surface area contributed by atoms with E-state index in [0.717, 1.165) is 25.3 Å². The molecule has 0 radical (unpaired) electrons. The van der Waals surface area contributed by atoms with Crippen molar-refractivity contribution in [3.8, 4) is 5.75 Å². The smallest absolute Gasteiger partial charge is 0.419 e. The van der Waals surface area contributed by atoms with Gasteiger partial charge in [0.05, 0.1) is 18.8 Å². The molecule has 11 heteroatoms. The number of halogens is 4. The minimum absolute atomic E-state index is 0.0675. The summed E-state index contributed by atoms with van der Waals surface area (Å²) < 4.78 is 58.2. The maximum atomic E-state index is 14.5. The fourth-order valence-electron chi connectivity index (χ4n) is 3.43. The molecule has 1 aromatic carbocycles. The molecule has 7 nitrogen and oxygen atoms in total. The number of hydrogen-bond donors (Lipinski definition) is 3. The lowest BCUT2D eigenvalue weighted by Gasteiger charge is -2.27. The average molecular weight is 469 g/mol. The lowest BCUT2D eigenvalue weighted by molar-refractivity contribution is -0.138. The fourth-order valence-corrected chi connectivity index (χ4v) is 3.43. The molecule has 2 heterocycles. The maximum absolute atomic E-state index is 14.5. The lowest BCUT2D eigenvalue weighted by Crippen LogP contribution is -2.38. The number of aliphatic hydroxyl groups is 2. The highest BCUT2D eigenvalue weighted by molar-refractivity contribution is 5.90. The predicted molar refractivity (Wildman–Crippen MR) is 112 cm³/mol. The van der Waals surface area contributed by atoms with Crippen LogP contribution in [0.1, 0.15) is 35.8 Å². The highest BCUT2D eigenvalue weighted by atomic mass is 19.4. The van der Waals surface area contributed by atoms with E-state index in [1.807, 2.05) is 0 Å². The van der Waals surface area contributed by atoms with Gasteiger partial charge in [-0.25, -0.2) is 9.18 Å². The third-order valence-corrected chi connectivity index (χ3v) is 5.21. The summed E-state index contributed by atoms with van der Waals surface area (Å²) in [5.41, 5.74) is 0.162. The Morgan fingerprint density at radius 1 is 1.33 bits per heavy atom. The summed E-state index contributed by atoms with van der Waals surface area (Å²) in [6.07, 6.45) is -2.23. The van der Waals surface area contributed by atoms with Crippen molar-refractivity contribution in [2.24, 2.45) is 0 Å². The largest absolute Gasteiger partial charge is 0.496 e. The Morgan fingerprint density at radius 2 is 2.09 bits per heavy atom. The number of ether oxygens (including phenoxy) is 1. The first-order valence-corrected chi connectivity index (χ1v) is 10.1. The quantitative estimate of drug-likeness (QED) is 0.557. The van der Waals surface area contributed by atoms with Crippen LogP contribution < -0.4 is 10.1 Å². The van der Waals surface area contributed by atoms with Crippen molar-refractivity contribution in [1.29, 1.82) is 0 Å². The summed E-state index contributed by atoms with van der Waals surface area (Å²) in [5, 5.41) is 21.3. The fraction of sp³-hybridized carbons (Fsp3) is 0.364. The Kier molecular flexibility index (Phi) is 7.54. The van der Waals surface area contributed by atoms with Gasteiger partial charge in [0.2, 0.25) is 0 Å². The molecule has 2 aromatic rings. The van der Waals surface area contributed by atoms with Crippen LogP contribution in [0.3, 0.4) is 0 Å². The number of methoxy groups -OCH3 is 1. The monoisotopic (exact) mass is 469 g/mol. The van der Waals surface area contributed by atoms with Crippen LogP contribution >= 0.6 is 0 Å². The van der Waals surface area contributed by atoms with Crippen molar-refractivity contribution in [2.45, 2.75) is 25.1 Å². The molecule has 0 aliphatic carbocycles. The first-order chi connectivity index (χ1) is 15.6. The summed E-state index contributed by atoms with van der Waals surface area (Å²) in [7, 11) is 1.11. The summed E-state index contributed by atoms with van der Waals surface area (Å²) in [4.78, 5) is 18.0. The molecule has 3 rings (SSSR count). The van der Waals surface area contributed by atoms with Crippen LogP contribution in [-0.2, 0) is 6.18 Å². The van der Waals surface area contributed by atoms with E-state index < -0.39 is 35.4 Å². The van der Waals surface area contributed by atoms with Crippen LogP contribution in [0.5, 0.6) is 5.75 Å². The van der Waals surface area contributed by atoms with Gasteiger partial charge in [0.1, 0.15) is 17.3 Å². The molecule has 0 spiro atoms. The van der Waals surface area contributed by atoms with Crippen LogP contribution in [0.4, 0.5) is 28.0 Å². The molecule has 0 unspecified atom stereocenters. The zero-order valence-corrected chi connectivity index (χ0v) is 17.7. The van der Waals surface area contributed by atoms with E-state index in [9.17, 15) is 27.5 Å². The summed E-state index contributed by atoms with van der Waals surface area (Å²) >= 11 is 0. The van der Waals surface area contributed by atoms with Crippen LogP contribution in [-0.4, -0.2) is 52.9 Å². The van der Waals surface area contributed by atoms with E-state index in [-0.39, 0.29) is 43.1 Å². The number of pyridine rings is 1.